The molecule has 2 fully saturated rings. The second kappa shape index (κ2) is 7.80. The molecule has 0 spiro atoms. The lowest BCUT2D eigenvalue weighted by Gasteiger charge is -2.41. The van der Waals surface area contributed by atoms with E-state index >= 15 is 0 Å². The summed E-state index contributed by atoms with van der Waals surface area (Å²) in [6.45, 7) is 7.65. The fourth-order valence-electron chi connectivity index (χ4n) is 4.42. The Bertz CT molecular complexity index is 648. The van der Waals surface area contributed by atoms with Crippen LogP contribution in [0.25, 0.3) is 0 Å². The standard InChI is InChI=1S/C20H32N4O2/c1-13(2)16-11-17(22-21-16)20(26)24-10-9-18(14(3)12-24)23(4)19(25)15-7-5-6-8-15/h11,13-15,18H,5-10,12H2,1-4H3,(H,21,22). The molecule has 2 heterocycles. The van der Waals surface area contributed by atoms with Crippen molar-refractivity contribution in [3.8, 4) is 0 Å². The molecule has 1 aliphatic carbocycles. The van der Waals surface area contributed by atoms with Crippen molar-refractivity contribution in [1.82, 2.24) is 20.0 Å². The lowest BCUT2D eigenvalue weighted by molar-refractivity contribution is -0.138. The molecule has 0 aromatic carbocycles. The summed E-state index contributed by atoms with van der Waals surface area (Å²) >= 11 is 0. The number of nitrogens with zero attached hydrogens (tertiary/aromatic N) is 3. The maximum atomic E-state index is 12.8. The third-order valence-electron chi connectivity index (χ3n) is 6.14. The minimum Gasteiger partial charge on any atom is -0.342 e. The number of carbonyl (C=O) groups is 2. The van der Waals surface area contributed by atoms with E-state index < -0.39 is 0 Å². The molecule has 0 radical (unpaired) electrons. The highest BCUT2D eigenvalue weighted by Crippen LogP contribution is 2.29. The number of H-pyrrole nitrogens is 1. The third kappa shape index (κ3) is 3.79. The summed E-state index contributed by atoms with van der Waals surface area (Å²) in [4.78, 5) is 29.3. The molecule has 2 amide bonds. The van der Waals surface area contributed by atoms with Gasteiger partial charge in [-0.2, -0.15) is 5.10 Å². The molecule has 1 aromatic heterocycles. The van der Waals surface area contributed by atoms with E-state index in [2.05, 4.69) is 31.0 Å². The van der Waals surface area contributed by atoms with Gasteiger partial charge in [0, 0.05) is 37.8 Å². The van der Waals surface area contributed by atoms with Gasteiger partial charge in [-0.05, 0) is 37.2 Å². The summed E-state index contributed by atoms with van der Waals surface area (Å²) in [6, 6.07) is 2.08. The topological polar surface area (TPSA) is 69.3 Å². The Kier molecular flexibility index (Phi) is 5.68. The second-order valence-electron chi connectivity index (χ2n) is 8.38. The number of aromatic nitrogens is 2. The van der Waals surface area contributed by atoms with Gasteiger partial charge in [-0.25, -0.2) is 0 Å². The minimum atomic E-state index is -0.0109. The molecular formula is C20H32N4O2. The van der Waals surface area contributed by atoms with E-state index in [9.17, 15) is 9.59 Å². The van der Waals surface area contributed by atoms with Gasteiger partial charge in [0.1, 0.15) is 5.69 Å². The number of amides is 2. The lowest BCUT2D eigenvalue weighted by Crippen LogP contribution is -2.53. The second-order valence-corrected chi connectivity index (χ2v) is 8.38. The fourth-order valence-corrected chi connectivity index (χ4v) is 4.42. The minimum absolute atomic E-state index is 0.0109. The molecular weight excluding hydrogens is 328 g/mol. The van der Waals surface area contributed by atoms with Crippen LogP contribution >= 0.6 is 0 Å². The number of likely N-dealkylation sites (tertiary alicyclic amines) is 1. The Hall–Kier alpha value is -1.85. The van der Waals surface area contributed by atoms with Crippen LogP contribution in [0.3, 0.4) is 0 Å². The average molecular weight is 361 g/mol. The zero-order valence-electron chi connectivity index (χ0n) is 16.5. The van der Waals surface area contributed by atoms with E-state index in [1.54, 1.807) is 0 Å². The van der Waals surface area contributed by atoms with Gasteiger partial charge in [0.05, 0.1) is 0 Å². The quantitative estimate of drug-likeness (QED) is 0.897. The van der Waals surface area contributed by atoms with Crippen LogP contribution in [-0.4, -0.2) is 58.0 Å². The molecule has 0 bridgehead atoms. The number of hydrogen-bond donors (Lipinski definition) is 1. The Labute approximate surface area is 156 Å². The van der Waals surface area contributed by atoms with Gasteiger partial charge in [0.25, 0.3) is 5.91 Å². The molecule has 2 atom stereocenters. The molecule has 1 saturated heterocycles. The molecule has 3 rings (SSSR count). The average Bonchev–Trinajstić information content (AvgIpc) is 3.31. The zero-order valence-corrected chi connectivity index (χ0v) is 16.5. The summed E-state index contributed by atoms with van der Waals surface area (Å²) in [5.74, 6) is 1.09. The molecule has 1 aliphatic heterocycles. The van der Waals surface area contributed by atoms with Crippen molar-refractivity contribution in [3.63, 3.8) is 0 Å². The summed E-state index contributed by atoms with van der Waals surface area (Å²) in [5.41, 5.74) is 1.48. The van der Waals surface area contributed by atoms with Crippen LogP contribution in [-0.2, 0) is 4.79 Å². The maximum absolute atomic E-state index is 12.8. The molecule has 2 unspecified atom stereocenters. The maximum Gasteiger partial charge on any atom is 0.274 e. The number of carbonyl (C=O) groups excluding carboxylic acids is 2. The van der Waals surface area contributed by atoms with Crippen molar-refractivity contribution >= 4 is 11.8 Å². The highest BCUT2D eigenvalue weighted by atomic mass is 16.2. The number of rotatable bonds is 4. The number of aromatic amines is 1. The van der Waals surface area contributed by atoms with Crippen LogP contribution in [0.1, 0.15) is 75.0 Å². The smallest absolute Gasteiger partial charge is 0.274 e. The summed E-state index contributed by atoms with van der Waals surface area (Å²) in [5, 5.41) is 7.15. The van der Waals surface area contributed by atoms with Gasteiger partial charge >= 0.3 is 0 Å². The summed E-state index contributed by atoms with van der Waals surface area (Å²) in [6.07, 6.45) is 5.26. The van der Waals surface area contributed by atoms with Crippen molar-refractivity contribution in [2.75, 3.05) is 20.1 Å². The first-order chi connectivity index (χ1) is 12.4. The Morgan fingerprint density at radius 2 is 1.96 bits per heavy atom. The van der Waals surface area contributed by atoms with Crippen molar-refractivity contribution in [3.05, 3.63) is 17.5 Å². The Morgan fingerprint density at radius 3 is 2.54 bits per heavy atom. The van der Waals surface area contributed by atoms with Crippen LogP contribution < -0.4 is 0 Å². The Morgan fingerprint density at radius 1 is 1.27 bits per heavy atom. The molecule has 1 aromatic rings. The fraction of sp³-hybridized carbons (Fsp3) is 0.750. The highest BCUT2D eigenvalue weighted by molar-refractivity contribution is 5.92. The number of nitrogens with one attached hydrogen (secondary N) is 1. The molecule has 6 nitrogen and oxygen atoms in total. The summed E-state index contributed by atoms with van der Waals surface area (Å²) < 4.78 is 0. The van der Waals surface area contributed by atoms with Gasteiger partial charge < -0.3 is 9.80 Å². The first kappa shape index (κ1) is 18.9. The van der Waals surface area contributed by atoms with Gasteiger partial charge in [0.2, 0.25) is 5.91 Å². The SMILES string of the molecule is CC(C)c1cc(C(=O)N2CCC(N(C)C(=O)C3CCCC3)C(C)C2)n[nH]1. The highest BCUT2D eigenvalue weighted by Gasteiger charge is 2.36. The first-order valence-electron chi connectivity index (χ1n) is 9.99. The third-order valence-corrected chi connectivity index (χ3v) is 6.14. The van der Waals surface area contributed by atoms with Crippen LogP contribution in [0.4, 0.5) is 0 Å². The first-order valence-corrected chi connectivity index (χ1v) is 9.99. The van der Waals surface area contributed by atoms with Gasteiger partial charge in [-0.1, -0.05) is 33.6 Å². The van der Waals surface area contributed by atoms with E-state index in [1.807, 2.05) is 22.9 Å². The molecule has 1 N–H and O–H groups in total. The van der Waals surface area contributed by atoms with Crippen LogP contribution in [0, 0.1) is 11.8 Å². The Balaban J connectivity index is 1.60. The van der Waals surface area contributed by atoms with E-state index in [1.165, 1.54) is 12.8 Å². The van der Waals surface area contributed by atoms with Gasteiger partial charge in [-0.3, -0.25) is 14.7 Å². The van der Waals surface area contributed by atoms with Crippen LogP contribution in [0.5, 0.6) is 0 Å². The van der Waals surface area contributed by atoms with E-state index in [4.69, 9.17) is 0 Å². The lowest BCUT2D eigenvalue weighted by atomic mass is 9.91. The predicted molar refractivity (Wildman–Crippen MR) is 101 cm³/mol. The van der Waals surface area contributed by atoms with Crippen molar-refractivity contribution < 1.29 is 9.59 Å². The van der Waals surface area contributed by atoms with E-state index in [-0.39, 0.29) is 23.8 Å². The number of piperidine rings is 1. The predicted octanol–water partition coefficient (Wildman–Crippen LogP) is 3.03. The molecule has 2 aliphatic rings. The molecule has 6 heteroatoms. The van der Waals surface area contributed by atoms with Crippen molar-refractivity contribution in [2.24, 2.45) is 11.8 Å². The monoisotopic (exact) mass is 360 g/mol. The molecule has 1 saturated carbocycles. The summed E-state index contributed by atoms with van der Waals surface area (Å²) in [7, 11) is 1.95. The van der Waals surface area contributed by atoms with Crippen LogP contribution in [0.2, 0.25) is 0 Å². The van der Waals surface area contributed by atoms with E-state index in [0.717, 1.165) is 25.0 Å². The van der Waals surface area contributed by atoms with Gasteiger partial charge in [0.15, 0.2) is 0 Å². The van der Waals surface area contributed by atoms with Crippen molar-refractivity contribution in [1.29, 1.82) is 0 Å². The van der Waals surface area contributed by atoms with Crippen molar-refractivity contribution in [2.45, 2.75) is 64.8 Å². The van der Waals surface area contributed by atoms with Crippen LogP contribution in [0.15, 0.2) is 6.07 Å². The molecule has 144 valence electrons. The number of hydrogen-bond acceptors (Lipinski definition) is 3. The largest absolute Gasteiger partial charge is 0.342 e. The molecule has 26 heavy (non-hydrogen) atoms. The van der Waals surface area contributed by atoms with E-state index in [0.29, 0.717) is 30.6 Å². The normalized spacial score (nSPS) is 24.3. The van der Waals surface area contributed by atoms with Gasteiger partial charge in [-0.15, -0.1) is 0 Å². The zero-order chi connectivity index (χ0) is 18.8.